The molecule has 2 heterocycles. The third kappa shape index (κ3) is 6.10. The number of nitrogens with zero attached hydrogens (tertiary/aromatic N) is 3. The molecule has 0 radical (unpaired) electrons. The maximum atomic E-state index is 13.3. The van der Waals surface area contributed by atoms with Crippen molar-refractivity contribution in [2.45, 2.75) is 46.2 Å². The lowest BCUT2D eigenvalue weighted by Crippen LogP contribution is -2.58. The fraction of sp³-hybridized carbons (Fsp3) is 0.577. The summed E-state index contributed by atoms with van der Waals surface area (Å²) >= 11 is 0. The summed E-state index contributed by atoms with van der Waals surface area (Å²) in [5.74, 6) is 0.241. The Morgan fingerprint density at radius 1 is 1.14 bits per heavy atom. The first-order valence-corrected chi connectivity index (χ1v) is 12.7. The molecule has 0 saturated carbocycles. The Morgan fingerprint density at radius 2 is 1.86 bits per heavy atom. The Labute approximate surface area is 213 Å². The minimum atomic E-state index is -0.640. The maximum Gasteiger partial charge on any atom is 0.338 e. The van der Waals surface area contributed by atoms with Crippen molar-refractivity contribution < 1.29 is 23.9 Å². The van der Waals surface area contributed by atoms with Crippen LogP contribution in [0.1, 0.15) is 45.7 Å². The predicted molar refractivity (Wildman–Crippen MR) is 137 cm³/mol. The van der Waals surface area contributed by atoms with Gasteiger partial charge in [-0.3, -0.25) is 9.80 Å². The lowest BCUT2D eigenvalue weighted by Gasteiger charge is -2.42. The number of hydrogen-bond acceptors (Lipinski definition) is 6. The first-order chi connectivity index (χ1) is 17.3. The molecule has 1 aromatic carbocycles. The van der Waals surface area contributed by atoms with E-state index < -0.39 is 12.0 Å². The van der Waals surface area contributed by atoms with Crippen LogP contribution in [0.15, 0.2) is 35.5 Å². The molecule has 10 heteroatoms. The van der Waals surface area contributed by atoms with E-state index >= 15 is 0 Å². The highest BCUT2D eigenvalue weighted by Gasteiger charge is 2.39. The van der Waals surface area contributed by atoms with Gasteiger partial charge in [0.1, 0.15) is 5.75 Å². The van der Waals surface area contributed by atoms with Crippen molar-refractivity contribution in [3.8, 4) is 5.75 Å². The van der Waals surface area contributed by atoms with Gasteiger partial charge >= 0.3 is 18.0 Å². The van der Waals surface area contributed by atoms with E-state index in [0.29, 0.717) is 56.3 Å². The number of benzene rings is 1. The van der Waals surface area contributed by atoms with Crippen LogP contribution in [0.4, 0.5) is 9.59 Å². The summed E-state index contributed by atoms with van der Waals surface area (Å²) in [5, 5.41) is 5.93. The number of methoxy groups -OCH3 is 1. The Morgan fingerprint density at radius 3 is 2.44 bits per heavy atom. The molecule has 1 fully saturated rings. The molecule has 2 aliphatic rings. The Kier molecular flexibility index (Phi) is 9.58. The molecular weight excluding hydrogens is 462 g/mol. The number of urea groups is 2. The molecule has 1 aromatic rings. The molecule has 1 saturated heterocycles. The molecule has 2 N–H and O–H groups in total. The normalized spacial score (nSPS) is 20.8. The number of carbonyl (C=O) groups is 3. The molecule has 2 aliphatic heterocycles. The maximum absolute atomic E-state index is 13.3. The summed E-state index contributed by atoms with van der Waals surface area (Å²) in [4.78, 5) is 44.6. The zero-order valence-corrected chi connectivity index (χ0v) is 22.0. The Bertz CT molecular complexity index is 964. The van der Waals surface area contributed by atoms with E-state index in [9.17, 15) is 14.4 Å². The van der Waals surface area contributed by atoms with Gasteiger partial charge in [-0.05, 0) is 44.9 Å². The van der Waals surface area contributed by atoms with Crippen LogP contribution >= 0.6 is 0 Å². The van der Waals surface area contributed by atoms with Crippen molar-refractivity contribution in [2.24, 2.45) is 0 Å². The number of nitrogens with one attached hydrogen (secondary N) is 2. The first kappa shape index (κ1) is 27.3. The highest BCUT2D eigenvalue weighted by atomic mass is 16.5. The highest BCUT2D eigenvalue weighted by Crippen LogP contribution is 2.33. The van der Waals surface area contributed by atoms with Crippen molar-refractivity contribution in [1.82, 2.24) is 25.3 Å². The zero-order chi connectivity index (χ0) is 26.2. The molecule has 3 rings (SSSR count). The van der Waals surface area contributed by atoms with Crippen LogP contribution < -0.4 is 15.4 Å². The average Bonchev–Trinajstić information content (AvgIpc) is 2.87. The van der Waals surface area contributed by atoms with Crippen LogP contribution in [-0.2, 0) is 9.53 Å². The molecule has 0 aromatic heterocycles. The van der Waals surface area contributed by atoms with Gasteiger partial charge < -0.3 is 25.0 Å². The topological polar surface area (TPSA) is 103 Å². The largest absolute Gasteiger partial charge is 0.497 e. The van der Waals surface area contributed by atoms with Gasteiger partial charge in [0.05, 0.1) is 25.3 Å². The molecule has 10 nitrogen and oxygen atoms in total. The standard InChI is InChI=1S/C26H39N5O5/c1-6-13-27-25(33)31-15-14-29(16-18(31)4)17-21-22(24(32)36-8-3)23(28-26(34)30(21)7-2)19-9-11-20(35-5)12-10-19/h9-12,18,23H,6-8,13-17H2,1-5H3,(H,27,33)(H,28,34)/t18-,23-/m0/s1. The van der Waals surface area contributed by atoms with Gasteiger partial charge in [-0.2, -0.15) is 0 Å². The summed E-state index contributed by atoms with van der Waals surface area (Å²) in [6, 6.07) is 6.34. The summed E-state index contributed by atoms with van der Waals surface area (Å²) in [7, 11) is 1.59. The number of esters is 1. The van der Waals surface area contributed by atoms with E-state index in [4.69, 9.17) is 9.47 Å². The van der Waals surface area contributed by atoms with Crippen molar-refractivity contribution in [1.29, 1.82) is 0 Å². The van der Waals surface area contributed by atoms with Crippen molar-refractivity contribution in [3.05, 3.63) is 41.1 Å². The average molecular weight is 502 g/mol. The SMILES string of the molecule is CCCNC(=O)N1CCN(CC2=C(C(=O)OCC)[C@H](c3ccc(OC)cc3)NC(=O)N2CC)C[C@@H]1C. The van der Waals surface area contributed by atoms with Crippen molar-refractivity contribution >= 4 is 18.0 Å². The molecule has 0 aliphatic carbocycles. The predicted octanol–water partition coefficient (Wildman–Crippen LogP) is 2.72. The fourth-order valence-corrected chi connectivity index (χ4v) is 4.73. The minimum Gasteiger partial charge on any atom is -0.497 e. The molecule has 198 valence electrons. The molecular formula is C26H39N5O5. The van der Waals surface area contributed by atoms with Crippen LogP contribution in [0.25, 0.3) is 0 Å². The lowest BCUT2D eigenvalue weighted by molar-refractivity contribution is -0.139. The number of amides is 4. The number of carbonyl (C=O) groups excluding carboxylic acids is 3. The van der Waals surface area contributed by atoms with Gasteiger partial charge in [0.15, 0.2) is 0 Å². The monoisotopic (exact) mass is 501 g/mol. The summed E-state index contributed by atoms with van der Waals surface area (Å²) in [6.07, 6.45) is 0.884. The third-order valence-electron chi connectivity index (χ3n) is 6.57. The van der Waals surface area contributed by atoms with Crippen molar-refractivity contribution in [3.63, 3.8) is 0 Å². The van der Waals surface area contributed by atoms with Crippen LogP contribution in [0.2, 0.25) is 0 Å². The second-order valence-corrected chi connectivity index (χ2v) is 8.99. The molecule has 4 amide bonds. The molecule has 0 spiro atoms. The smallest absolute Gasteiger partial charge is 0.338 e. The van der Waals surface area contributed by atoms with Gasteiger partial charge in [0.25, 0.3) is 0 Å². The van der Waals surface area contributed by atoms with E-state index in [-0.39, 0.29) is 24.7 Å². The fourth-order valence-electron chi connectivity index (χ4n) is 4.73. The van der Waals surface area contributed by atoms with Crippen LogP contribution in [0, 0.1) is 0 Å². The second kappa shape index (κ2) is 12.6. The quantitative estimate of drug-likeness (QED) is 0.505. The number of rotatable bonds is 9. The number of likely N-dealkylation sites (N-methyl/N-ethyl adjacent to an activating group) is 1. The molecule has 0 unspecified atom stereocenters. The number of hydrogen-bond donors (Lipinski definition) is 2. The number of piperazine rings is 1. The Balaban J connectivity index is 1.92. The summed E-state index contributed by atoms with van der Waals surface area (Å²) in [5.41, 5.74) is 1.84. The molecule has 0 bridgehead atoms. The lowest BCUT2D eigenvalue weighted by atomic mass is 9.94. The number of ether oxygens (including phenoxy) is 2. The van der Waals surface area contributed by atoms with E-state index in [1.165, 1.54) is 0 Å². The van der Waals surface area contributed by atoms with E-state index in [2.05, 4.69) is 15.5 Å². The third-order valence-corrected chi connectivity index (χ3v) is 6.57. The van der Waals surface area contributed by atoms with Crippen LogP contribution in [-0.4, -0.2) is 91.8 Å². The van der Waals surface area contributed by atoms with Crippen LogP contribution in [0.3, 0.4) is 0 Å². The highest BCUT2D eigenvalue weighted by molar-refractivity contribution is 5.95. The summed E-state index contributed by atoms with van der Waals surface area (Å²) in [6.45, 7) is 11.2. The van der Waals surface area contributed by atoms with Gasteiger partial charge in [-0.25, -0.2) is 14.4 Å². The van der Waals surface area contributed by atoms with Gasteiger partial charge in [0.2, 0.25) is 0 Å². The summed E-state index contributed by atoms with van der Waals surface area (Å²) < 4.78 is 10.7. The van der Waals surface area contributed by atoms with Gasteiger partial charge in [-0.15, -0.1) is 0 Å². The second-order valence-electron chi connectivity index (χ2n) is 8.99. The van der Waals surface area contributed by atoms with E-state index in [1.54, 1.807) is 31.1 Å². The van der Waals surface area contributed by atoms with Crippen molar-refractivity contribution in [2.75, 3.05) is 53.0 Å². The minimum absolute atomic E-state index is 0.00729. The van der Waals surface area contributed by atoms with Gasteiger partial charge in [0, 0.05) is 51.0 Å². The van der Waals surface area contributed by atoms with Crippen LogP contribution in [0.5, 0.6) is 5.75 Å². The van der Waals surface area contributed by atoms with Gasteiger partial charge in [-0.1, -0.05) is 19.1 Å². The van der Waals surface area contributed by atoms with E-state index in [1.807, 2.05) is 37.8 Å². The zero-order valence-electron chi connectivity index (χ0n) is 22.0. The van der Waals surface area contributed by atoms with E-state index in [0.717, 1.165) is 12.0 Å². The first-order valence-electron chi connectivity index (χ1n) is 12.7. The Hall–Kier alpha value is -3.27. The molecule has 36 heavy (non-hydrogen) atoms. The molecule has 2 atom stereocenters.